The van der Waals surface area contributed by atoms with Crippen LogP contribution in [0.2, 0.25) is 0 Å². The highest BCUT2D eigenvalue weighted by atomic mass is 35.5. The molecule has 3 rings (SSSR count). The summed E-state index contributed by atoms with van der Waals surface area (Å²) in [6.07, 6.45) is 3.65. The molecule has 0 saturated carbocycles. The van der Waals surface area contributed by atoms with Gasteiger partial charge in [-0.3, -0.25) is 4.79 Å². The minimum Gasteiger partial charge on any atom is -0.484 e. The summed E-state index contributed by atoms with van der Waals surface area (Å²) in [5, 5.41) is 3.32. The summed E-state index contributed by atoms with van der Waals surface area (Å²) in [6, 6.07) is 9.34. The first-order chi connectivity index (χ1) is 10.8. The molecule has 1 saturated heterocycles. The molecule has 124 valence electrons. The van der Waals surface area contributed by atoms with Crippen molar-refractivity contribution in [1.29, 1.82) is 0 Å². The molecular weight excluding hydrogens is 316 g/mol. The van der Waals surface area contributed by atoms with Gasteiger partial charge in [0, 0.05) is 39.1 Å². The van der Waals surface area contributed by atoms with Gasteiger partial charge in [-0.2, -0.15) is 0 Å². The van der Waals surface area contributed by atoms with E-state index in [0.29, 0.717) is 18.8 Å². The van der Waals surface area contributed by atoms with Crippen LogP contribution in [0, 0.1) is 0 Å². The van der Waals surface area contributed by atoms with Gasteiger partial charge in [0.2, 0.25) is 0 Å². The molecule has 2 aromatic rings. The first-order valence-electron chi connectivity index (χ1n) is 7.41. The van der Waals surface area contributed by atoms with Gasteiger partial charge >= 0.3 is 0 Å². The van der Waals surface area contributed by atoms with Crippen LogP contribution >= 0.6 is 12.4 Å². The zero-order valence-corrected chi connectivity index (χ0v) is 13.8. The van der Waals surface area contributed by atoms with E-state index in [9.17, 15) is 4.79 Å². The summed E-state index contributed by atoms with van der Waals surface area (Å²) in [5.41, 5.74) is 0. The van der Waals surface area contributed by atoms with Crippen molar-refractivity contribution in [2.75, 3.05) is 26.2 Å². The Kier molecular flexibility index (Phi) is 6.01. The number of nitrogens with one attached hydrogen (secondary N) is 1. The van der Waals surface area contributed by atoms with Gasteiger partial charge < -0.3 is 19.5 Å². The van der Waals surface area contributed by atoms with E-state index >= 15 is 0 Å². The molecule has 1 fully saturated rings. The molecule has 0 bridgehead atoms. The van der Waals surface area contributed by atoms with Crippen LogP contribution < -0.4 is 10.1 Å². The zero-order chi connectivity index (χ0) is 15.4. The largest absolute Gasteiger partial charge is 0.484 e. The fraction of sp³-hybridized carbons (Fsp3) is 0.375. The normalized spacial score (nSPS) is 17.4. The summed E-state index contributed by atoms with van der Waals surface area (Å²) in [5.74, 6) is 1.58. The standard InChI is InChI=1S/C16H20N4O2.ClH/c1-19-9-8-18-16(19)14-11-17-7-10-20(14)15(21)12-22-13-5-3-2-4-6-13;/h2-6,8-9,14,17H,7,10-12H2,1H3;1H. The Bertz CT molecular complexity index is 632. The summed E-state index contributed by atoms with van der Waals surface area (Å²) >= 11 is 0. The maximum absolute atomic E-state index is 12.5. The van der Waals surface area contributed by atoms with Crippen LogP contribution in [0.15, 0.2) is 42.7 Å². The van der Waals surface area contributed by atoms with Gasteiger partial charge in [0.25, 0.3) is 5.91 Å². The van der Waals surface area contributed by atoms with Crippen LogP contribution in [-0.2, 0) is 11.8 Å². The Morgan fingerprint density at radius 3 is 2.87 bits per heavy atom. The number of rotatable bonds is 4. The lowest BCUT2D eigenvalue weighted by molar-refractivity contribution is -0.137. The third-order valence-electron chi connectivity index (χ3n) is 3.83. The van der Waals surface area contributed by atoms with Gasteiger partial charge in [-0.05, 0) is 12.1 Å². The second-order valence-corrected chi connectivity index (χ2v) is 5.31. The van der Waals surface area contributed by atoms with Gasteiger partial charge in [0.1, 0.15) is 17.6 Å². The van der Waals surface area contributed by atoms with Gasteiger partial charge in [0.15, 0.2) is 6.61 Å². The van der Waals surface area contributed by atoms with Gasteiger partial charge in [-0.1, -0.05) is 18.2 Å². The molecule has 6 nitrogen and oxygen atoms in total. The number of ether oxygens (including phenoxy) is 1. The summed E-state index contributed by atoms with van der Waals surface area (Å²) in [7, 11) is 1.94. The minimum absolute atomic E-state index is 0. The van der Waals surface area contributed by atoms with E-state index in [2.05, 4.69) is 10.3 Å². The number of aryl methyl sites for hydroxylation is 1. The van der Waals surface area contributed by atoms with E-state index in [1.54, 1.807) is 6.20 Å². The number of imidazole rings is 1. The maximum atomic E-state index is 12.5. The van der Waals surface area contributed by atoms with E-state index in [1.807, 2.05) is 53.0 Å². The first-order valence-corrected chi connectivity index (χ1v) is 7.41. The molecule has 23 heavy (non-hydrogen) atoms. The first kappa shape index (κ1) is 17.3. The lowest BCUT2D eigenvalue weighted by Crippen LogP contribution is -2.50. The number of carbonyl (C=O) groups excluding carboxylic acids is 1. The molecule has 1 aliphatic heterocycles. The second kappa shape index (κ2) is 7.99. The summed E-state index contributed by atoms with van der Waals surface area (Å²) < 4.78 is 7.53. The molecule has 1 amide bonds. The number of halogens is 1. The second-order valence-electron chi connectivity index (χ2n) is 5.31. The highest BCUT2D eigenvalue weighted by molar-refractivity contribution is 5.85. The highest BCUT2D eigenvalue weighted by Crippen LogP contribution is 2.20. The van der Waals surface area contributed by atoms with Crippen molar-refractivity contribution in [3.8, 4) is 5.75 Å². The van der Waals surface area contributed by atoms with Crippen molar-refractivity contribution in [3.63, 3.8) is 0 Å². The summed E-state index contributed by atoms with van der Waals surface area (Å²) in [6.45, 7) is 2.21. The molecule has 7 heteroatoms. The smallest absolute Gasteiger partial charge is 0.261 e. The fourth-order valence-corrected chi connectivity index (χ4v) is 2.68. The molecule has 0 aliphatic carbocycles. The molecule has 0 spiro atoms. The van der Waals surface area contributed by atoms with E-state index in [1.165, 1.54) is 0 Å². The number of para-hydroxylation sites is 1. The van der Waals surface area contributed by atoms with Crippen molar-refractivity contribution in [1.82, 2.24) is 19.8 Å². The molecule has 2 heterocycles. The van der Waals surface area contributed by atoms with E-state index < -0.39 is 0 Å². The molecular formula is C16H21ClN4O2. The predicted molar refractivity (Wildman–Crippen MR) is 89.7 cm³/mol. The summed E-state index contributed by atoms with van der Waals surface area (Å²) in [4.78, 5) is 18.8. The number of carbonyl (C=O) groups is 1. The number of benzene rings is 1. The highest BCUT2D eigenvalue weighted by Gasteiger charge is 2.30. The molecule has 1 N–H and O–H groups in total. The number of amides is 1. The zero-order valence-electron chi connectivity index (χ0n) is 13.0. The minimum atomic E-state index is -0.0550. The van der Waals surface area contributed by atoms with Gasteiger partial charge in [0.05, 0.1) is 0 Å². The molecule has 1 unspecified atom stereocenters. The molecule has 0 radical (unpaired) electrons. The van der Waals surface area contributed by atoms with Crippen molar-refractivity contribution >= 4 is 18.3 Å². The Labute approximate surface area is 141 Å². The average Bonchev–Trinajstić information content (AvgIpc) is 2.99. The molecule has 1 aromatic heterocycles. The van der Waals surface area contributed by atoms with Crippen molar-refractivity contribution < 1.29 is 9.53 Å². The Morgan fingerprint density at radius 2 is 2.17 bits per heavy atom. The molecule has 1 aliphatic rings. The van der Waals surface area contributed by atoms with Crippen LogP contribution in [0.5, 0.6) is 5.75 Å². The van der Waals surface area contributed by atoms with Crippen molar-refractivity contribution in [3.05, 3.63) is 48.5 Å². The van der Waals surface area contributed by atoms with Crippen LogP contribution in [0.1, 0.15) is 11.9 Å². The van der Waals surface area contributed by atoms with E-state index in [0.717, 1.165) is 12.4 Å². The van der Waals surface area contributed by atoms with Crippen LogP contribution in [0.4, 0.5) is 0 Å². The number of hydrogen-bond acceptors (Lipinski definition) is 4. The number of nitrogens with zero attached hydrogens (tertiary/aromatic N) is 3. The molecule has 1 atom stereocenters. The quantitative estimate of drug-likeness (QED) is 0.916. The van der Waals surface area contributed by atoms with Crippen LogP contribution in [0.3, 0.4) is 0 Å². The van der Waals surface area contributed by atoms with Crippen molar-refractivity contribution in [2.45, 2.75) is 6.04 Å². The Morgan fingerprint density at radius 1 is 1.39 bits per heavy atom. The van der Waals surface area contributed by atoms with Gasteiger partial charge in [-0.25, -0.2) is 4.98 Å². The lowest BCUT2D eigenvalue weighted by atomic mass is 10.1. The number of piperazine rings is 1. The third kappa shape index (κ3) is 4.03. The van der Waals surface area contributed by atoms with Crippen molar-refractivity contribution in [2.24, 2.45) is 7.05 Å². The van der Waals surface area contributed by atoms with E-state index in [-0.39, 0.29) is 31.0 Å². The Hall–Kier alpha value is -2.05. The average molecular weight is 337 g/mol. The molecule has 1 aromatic carbocycles. The SMILES string of the molecule is Cl.Cn1ccnc1C1CNCCN1C(=O)COc1ccccc1. The maximum Gasteiger partial charge on any atom is 0.261 e. The third-order valence-corrected chi connectivity index (χ3v) is 3.83. The predicted octanol–water partition coefficient (Wildman–Crippen LogP) is 1.39. The topological polar surface area (TPSA) is 59.4 Å². The van der Waals surface area contributed by atoms with Crippen LogP contribution in [-0.4, -0.2) is 46.6 Å². The fourth-order valence-electron chi connectivity index (χ4n) is 2.68. The van der Waals surface area contributed by atoms with Crippen LogP contribution in [0.25, 0.3) is 0 Å². The number of aromatic nitrogens is 2. The monoisotopic (exact) mass is 336 g/mol. The number of hydrogen-bond donors (Lipinski definition) is 1. The van der Waals surface area contributed by atoms with E-state index in [4.69, 9.17) is 4.74 Å². The Balaban J connectivity index is 0.00000192. The lowest BCUT2D eigenvalue weighted by Gasteiger charge is -2.35. The van der Waals surface area contributed by atoms with Gasteiger partial charge in [-0.15, -0.1) is 12.4 Å².